The average molecular weight is 156 g/mol. The van der Waals surface area contributed by atoms with Gasteiger partial charge in [0.1, 0.15) is 5.60 Å². The third-order valence-electron chi connectivity index (χ3n) is 1.32. The maximum absolute atomic E-state index is 10.6. The topological polar surface area (TPSA) is 50.7 Å². The third kappa shape index (κ3) is 2.22. The van der Waals surface area contributed by atoms with Gasteiger partial charge in [-0.1, -0.05) is 5.16 Å². The van der Waals surface area contributed by atoms with Crippen LogP contribution in [0.5, 0.6) is 0 Å². The minimum atomic E-state index is -0.266. The first-order valence-corrected chi connectivity index (χ1v) is 3.52. The Balaban J connectivity index is 2.47. The number of nitrogens with zero attached hydrogens (tertiary/aromatic N) is 1. The van der Waals surface area contributed by atoms with Gasteiger partial charge in [-0.05, 0) is 13.8 Å². The van der Waals surface area contributed by atoms with Crippen molar-refractivity contribution in [2.24, 2.45) is 5.16 Å². The van der Waals surface area contributed by atoms with Gasteiger partial charge < -0.3 is 10.2 Å². The number of oxime groups is 1. The summed E-state index contributed by atoms with van der Waals surface area (Å²) in [6.07, 6.45) is 0.659. The van der Waals surface area contributed by atoms with Crippen molar-refractivity contribution in [1.29, 1.82) is 0 Å². The van der Waals surface area contributed by atoms with Crippen LogP contribution in [-0.4, -0.2) is 17.3 Å². The van der Waals surface area contributed by atoms with Crippen molar-refractivity contribution in [3.63, 3.8) is 0 Å². The summed E-state index contributed by atoms with van der Waals surface area (Å²) >= 11 is 0. The lowest BCUT2D eigenvalue weighted by Crippen LogP contribution is -2.30. The van der Waals surface area contributed by atoms with Crippen LogP contribution in [0.1, 0.15) is 27.2 Å². The first-order chi connectivity index (χ1) is 4.99. The van der Waals surface area contributed by atoms with E-state index in [1.165, 1.54) is 6.92 Å². The summed E-state index contributed by atoms with van der Waals surface area (Å²) in [6, 6.07) is 0. The second kappa shape index (κ2) is 2.53. The zero-order valence-corrected chi connectivity index (χ0v) is 6.97. The Bertz CT molecular complexity index is 208. The molecular weight excluding hydrogens is 144 g/mol. The summed E-state index contributed by atoms with van der Waals surface area (Å²) in [5, 5.41) is 6.30. The van der Waals surface area contributed by atoms with Crippen molar-refractivity contribution in [2.75, 3.05) is 0 Å². The Morgan fingerprint density at radius 2 is 2.36 bits per heavy atom. The van der Waals surface area contributed by atoms with E-state index in [-0.39, 0.29) is 11.5 Å². The minimum absolute atomic E-state index is 0.106. The third-order valence-corrected chi connectivity index (χ3v) is 1.32. The SMILES string of the molecule is CC(=O)NC1=NOC(C)(C)C1. The van der Waals surface area contributed by atoms with Gasteiger partial charge in [0.25, 0.3) is 0 Å². The van der Waals surface area contributed by atoms with Crippen LogP contribution >= 0.6 is 0 Å². The summed E-state index contributed by atoms with van der Waals surface area (Å²) in [4.78, 5) is 15.6. The standard InChI is InChI=1S/C7H12N2O2/c1-5(10)8-6-4-7(2,3)11-9-6/h4H2,1-3H3,(H,8,9,10). The highest BCUT2D eigenvalue weighted by molar-refractivity contribution is 5.97. The molecular formula is C7H12N2O2. The van der Waals surface area contributed by atoms with Crippen molar-refractivity contribution in [2.45, 2.75) is 32.8 Å². The highest BCUT2D eigenvalue weighted by Crippen LogP contribution is 2.20. The van der Waals surface area contributed by atoms with E-state index in [0.717, 1.165) is 0 Å². The van der Waals surface area contributed by atoms with Crippen molar-refractivity contribution < 1.29 is 9.63 Å². The number of carbonyl (C=O) groups excluding carboxylic acids is 1. The highest BCUT2D eigenvalue weighted by Gasteiger charge is 2.29. The van der Waals surface area contributed by atoms with Crippen LogP contribution in [0, 0.1) is 0 Å². The minimum Gasteiger partial charge on any atom is -0.388 e. The van der Waals surface area contributed by atoms with Gasteiger partial charge in [-0.3, -0.25) is 4.79 Å². The number of amides is 1. The Labute approximate surface area is 65.6 Å². The average Bonchev–Trinajstić information content (AvgIpc) is 2.08. The van der Waals surface area contributed by atoms with Gasteiger partial charge in [-0.25, -0.2) is 0 Å². The van der Waals surface area contributed by atoms with E-state index < -0.39 is 0 Å². The molecule has 0 aromatic carbocycles. The second-order valence-corrected chi connectivity index (χ2v) is 3.25. The second-order valence-electron chi connectivity index (χ2n) is 3.25. The van der Waals surface area contributed by atoms with Crippen LogP contribution in [0.3, 0.4) is 0 Å². The summed E-state index contributed by atoms with van der Waals surface area (Å²) in [5.74, 6) is 0.507. The molecule has 0 aromatic heterocycles. The monoisotopic (exact) mass is 156 g/mol. The molecule has 1 amide bonds. The lowest BCUT2D eigenvalue weighted by atomic mass is 10.1. The molecule has 0 saturated heterocycles. The molecule has 1 heterocycles. The fraction of sp³-hybridized carbons (Fsp3) is 0.714. The lowest BCUT2D eigenvalue weighted by Gasteiger charge is -2.12. The van der Waals surface area contributed by atoms with Crippen molar-refractivity contribution in [1.82, 2.24) is 5.32 Å². The van der Waals surface area contributed by atoms with Crippen LogP contribution in [-0.2, 0) is 9.63 Å². The van der Waals surface area contributed by atoms with Gasteiger partial charge in [0.05, 0.1) is 6.42 Å². The molecule has 62 valence electrons. The Kier molecular flexibility index (Phi) is 1.85. The number of hydrogen-bond donors (Lipinski definition) is 1. The summed E-state index contributed by atoms with van der Waals surface area (Å²) in [5.41, 5.74) is -0.266. The van der Waals surface area contributed by atoms with E-state index in [1.54, 1.807) is 0 Å². The Morgan fingerprint density at radius 3 is 2.73 bits per heavy atom. The van der Waals surface area contributed by atoms with Crippen LogP contribution in [0.15, 0.2) is 5.16 Å². The number of nitrogens with one attached hydrogen (secondary N) is 1. The normalized spacial score (nSPS) is 20.5. The molecule has 0 aliphatic carbocycles. The van der Waals surface area contributed by atoms with E-state index in [0.29, 0.717) is 12.3 Å². The lowest BCUT2D eigenvalue weighted by molar-refractivity contribution is -0.117. The smallest absolute Gasteiger partial charge is 0.222 e. The predicted molar refractivity (Wildman–Crippen MR) is 41.0 cm³/mol. The largest absolute Gasteiger partial charge is 0.388 e. The van der Waals surface area contributed by atoms with E-state index in [2.05, 4.69) is 10.5 Å². The fourth-order valence-electron chi connectivity index (χ4n) is 0.917. The van der Waals surface area contributed by atoms with Crippen LogP contribution in [0.2, 0.25) is 0 Å². The van der Waals surface area contributed by atoms with Crippen molar-refractivity contribution in [3.8, 4) is 0 Å². The van der Waals surface area contributed by atoms with Gasteiger partial charge in [-0.15, -0.1) is 0 Å². The van der Waals surface area contributed by atoms with Crippen LogP contribution < -0.4 is 5.32 Å². The van der Waals surface area contributed by atoms with Gasteiger partial charge in [0, 0.05) is 6.92 Å². The van der Waals surface area contributed by atoms with Crippen LogP contribution in [0.25, 0.3) is 0 Å². The summed E-state index contributed by atoms with van der Waals surface area (Å²) < 4.78 is 0. The molecule has 0 aromatic rings. The molecule has 1 aliphatic heterocycles. The van der Waals surface area contributed by atoms with Gasteiger partial charge >= 0.3 is 0 Å². The fourth-order valence-corrected chi connectivity index (χ4v) is 0.917. The Hall–Kier alpha value is -1.06. The van der Waals surface area contributed by atoms with Gasteiger partial charge in [-0.2, -0.15) is 0 Å². The molecule has 0 spiro atoms. The molecule has 11 heavy (non-hydrogen) atoms. The van der Waals surface area contributed by atoms with Gasteiger partial charge in [0.15, 0.2) is 5.84 Å². The highest BCUT2D eigenvalue weighted by atomic mass is 16.7. The molecule has 0 bridgehead atoms. The zero-order chi connectivity index (χ0) is 8.48. The quantitative estimate of drug-likeness (QED) is 0.559. The molecule has 4 nitrogen and oxygen atoms in total. The maximum atomic E-state index is 10.6. The van der Waals surface area contributed by atoms with Crippen LogP contribution in [0.4, 0.5) is 0 Å². The molecule has 1 aliphatic rings. The van der Waals surface area contributed by atoms with E-state index in [4.69, 9.17) is 4.84 Å². The number of amidine groups is 1. The molecule has 0 saturated carbocycles. The molecule has 4 heteroatoms. The van der Waals surface area contributed by atoms with E-state index in [1.807, 2.05) is 13.8 Å². The molecule has 0 fully saturated rings. The van der Waals surface area contributed by atoms with E-state index in [9.17, 15) is 4.79 Å². The first-order valence-electron chi connectivity index (χ1n) is 3.52. The summed E-state index contributed by atoms with van der Waals surface area (Å²) in [7, 11) is 0. The van der Waals surface area contributed by atoms with Crippen molar-refractivity contribution in [3.05, 3.63) is 0 Å². The zero-order valence-electron chi connectivity index (χ0n) is 6.97. The van der Waals surface area contributed by atoms with E-state index >= 15 is 0 Å². The first kappa shape index (κ1) is 8.04. The summed E-state index contributed by atoms with van der Waals surface area (Å²) in [6.45, 7) is 5.30. The molecule has 0 radical (unpaired) electrons. The number of carbonyl (C=O) groups is 1. The number of rotatable bonds is 0. The molecule has 0 unspecified atom stereocenters. The Morgan fingerprint density at radius 1 is 1.73 bits per heavy atom. The molecule has 1 rings (SSSR count). The van der Waals surface area contributed by atoms with Gasteiger partial charge in [0.2, 0.25) is 5.91 Å². The number of hydrogen-bond acceptors (Lipinski definition) is 3. The van der Waals surface area contributed by atoms with Crippen molar-refractivity contribution >= 4 is 11.7 Å². The maximum Gasteiger partial charge on any atom is 0.222 e. The predicted octanol–water partition coefficient (Wildman–Crippen LogP) is 0.635. The molecule has 1 N–H and O–H groups in total. The molecule has 0 atom stereocenters.